The first-order valence-electron chi connectivity index (χ1n) is 4.02. The lowest BCUT2D eigenvalue weighted by atomic mass is 10.4. The molecule has 68 valence electrons. The molecule has 1 N–H and O–H groups in total. The van der Waals surface area contributed by atoms with Gasteiger partial charge in [-0.2, -0.15) is 0 Å². The average Bonchev–Trinajstić information content (AvgIpc) is 2.10. The molecule has 1 unspecified atom stereocenters. The van der Waals surface area contributed by atoms with Crippen LogP contribution >= 0.6 is 11.8 Å². The number of rotatable bonds is 5. The minimum Gasteiger partial charge on any atom is -0.344 e. The summed E-state index contributed by atoms with van der Waals surface area (Å²) >= 11 is 1.65. The van der Waals surface area contributed by atoms with Crippen LogP contribution in [0.3, 0.4) is 0 Å². The van der Waals surface area contributed by atoms with Crippen molar-refractivity contribution in [1.29, 1.82) is 0 Å². The van der Waals surface area contributed by atoms with Crippen LogP contribution in [-0.2, 0) is 4.79 Å². The summed E-state index contributed by atoms with van der Waals surface area (Å²) in [5.74, 6) is 2.90. The third kappa shape index (κ3) is 6.11. The highest BCUT2D eigenvalue weighted by molar-refractivity contribution is 8.00. The van der Waals surface area contributed by atoms with Crippen molar-refractivity contribution in [1.82, 2.24) is 5.32 Å². The summed E-state index contributed by atoms with van der Waals surface area (Å²) in [5, 5.41) is 3.16. The fourth-order valence-corrected chi connectivity index (χ4v) is 1.31. The zero-order chi connectivity index (χ0) is 9.40. The summed E-state index contributed by atoms with van der Waals surface area (Å²) in [4.78, 5) is 11.0. The first kappa shape index (κ1) is 11.4. The molecule has 1 atom stereocenters. The molecular weight excluding hydrogens is 170 g/mol. The SMILES string of the molecule is C#CCNC(=O)CSC(C)CC. The van der Waals surface area contributed by atoms with Crippen LogP contribution in [0, 0.1) is 12.3 Å². The summed E-state index contributed by atoms with van der Waals surface area (Å²) in [6, 6.07) is 0. The smallest absolute Gasteiger partial charge is 0.230 e. The number of hydrogen-bond donors (Lipinski definition) is 1. The minimum atomic E-state index is 0.0262. The molecule has 3 heteroatoms. The highest BCUT2D eigenvalue weighted by Gasteiger charge is 2.03. The topological polar surface area (TPSA) is 29.1 Å². The molecule has 1 amide bonds. The van der Waals surface area contributed by atoms with Gasteiger partial charge in [-0.25, -0.2) is 0 Å². The van der Waals surface area contributed by atoms with Crippen molar-refractivity contribution in [3.05, 3.63) is 0 Å². The van der Waals surface area contributed by atoms with Crippen LogP contribution in [0.4, 0.5) is 0 Å². The maximum absolute atomic E-state index is 11.0. The summed E-state index contributed by atoms with van der Waals surface area (Å²) in [7, 11) is 0. The second-order valence-corrected chi connectivity index (χ2v) is 3.94. The third-order valence-corrected chi connectivity index (χ3v) is 2.79. The van der Waals surface area contributed by atoms with Crippen LogP contribution in [0.15, 0.2) is 0 Å². The van der Waals surface area contributed by atoms with Crippen LogP contribution in [0.5, 0.6) is 0 Å². The summed E-state index contributed by atoms with van der Waals surface area (Å²) in [5.41, 5.74) is 0. The molecule has 0 saturated heterocycles. The van der Waals surface area contributed by atoms with Gasteiger partial charge in [-0.15, -0.1) is 18.2 Å². The molecule has 0 bridgehead atoms. The lowest BCUT2D eigenvalue weighted by Gasteiger charge is -2.06. The third-order valence-electron chi connectivity index (χ3n) is 1.46. The van der Waals surface area contributed by atoms with E-state index in [2.05, 4.69) is 25.1 Å². The fourth-order valence-electron chi connectivity index (χ4n) is 0.536. The minimum absolute atomic E-state index is 0.0262. The zero-order valence-electron chi connectivity index (χ0n) is 7.59. The summed E-state index contributed by atoms with van der Waals surface area (Å²) < 4.78 is 0. The van der Waals surface area contributed by atoms with Crippen molar-refractivity contribution in [3.8, 4) is 12.3 Å². The van der Waals surface area contributed by atoms with E-state index < -0.39 is 0 Å². The number of carbonyl (C=O) groups is 1. The van der Waals surface area contributed by atoms with Gasteiger partial charge in [0.25, 0.3) is 0 Å². The Labute approximate surface area is 78.5 Å². The number of amides is 1. The van der Waals surface area contributed by atoms with Crippen molar-refractivity contribution in [2.24, 2.45) is 0 Å². The van der Waals surface area contributed by atoms with Gasteiger partial charge in [-0.05, 0) is 6.42 Å². The molecule has 0 aromatic rings. The van der Waals surface area contributed by atoms with Crippen LogP contribution < -0.4 is 5.32 Å². The Kier molecular flexibility index (Phi) is 6.69. The van der Waals surface area contributed by atoms with Crippen molar-refractivity contribution in [2.45, 2.75) is 25.5 Å². The van der Waals surface area contributed by atoms with Crippen molar-refractivity contribution in [2.75, 3.05) is 12.3 Å². The summed E-state index contributed by atoms with van der Waals surface area (Å²) in [6.45, 7) is 4.55. The molecule has 0 aromatic heterocycles. The predicted molar refractivity (Wildman–Crippen MR) is 54.1 cm³/mol. The number of thioether (sulfide) groups is 1. The average molecular weight is 185 g/mol. The van der Waals surface area contributed by atoms with Gasteiger partial charge >= 0.3 is 0 Å². The largest absolute Gasteiger partial charge is 0.344 e. The van der Waals surface area contributed by atoms with Crippen LogP contribution in [0.1, 0.15) is 20.3 Å². The van der Waals surface area contributed by atoms with Crippen LogP contribution in [0.25, 0.3) is 0 Å². The number of nitrogens with one attached hydrogen (secondary N) is 1. The Balaban J connectivity index is 3.38. The van der Waals surface area contributed by atoms with Gasteiger partial charge in [0.1, 0.15) is 0 Å². The number of terminal acetylenes is 1. The first-order chi connectivity index (χ1) is 5.70. The second kappa shape index (κ2) is 7.05. The van der Waals surface area contributed by atoms with Gasteiger partial charge in [-0.1, -0.05) is 19.8 Å². The Morgan fingerprint density at radius 1 is 1.75 bits per heavy atom. The quantitative estimate of drug-likeness (QED) is 0.653. The van der Waals surface area contributed by atoms with E-state index in [1.165, 1.54) is 0 Å². The number of hydrogen-bond acceptors (Lipinski definition) is 2. The van der Waals surface area contributed by atoms with E-state index in [-0.39, 0.29) is 5.91 Å². The molecule has 0 spiro atoms. The Hall–Kier alpha value is -0.620. The van der Waals surface area contributed by atoms with E-state index >= 15 is 0 Å². The Morgan fingerprint density at radius 3 is 2.92 bits per heavy atom. The van der Waals surface area contributed by atoms with Crippen molar-refractivity contribution >= 4 is 17.7 Å². The molecule has 0 saturated carbocycles. The molecular formula is C9H15NOS. The molecule has 0 aliphatic carbocycles. The van der Waals surface area contributed by atoms with E-state index in [4.69, 9.17) is 6.42 Å². The van der Waals surface area contributed by atoms with Crippen molar-refractivity contribution < 1.29 is 4.79 Å². The van der Waals surface area contributed by atoms with Crippen LogP contribution in [-0.4, -0.2) is 23.5 Å². The molecule has 0 radical (unpaired) electrons. The fraction of sp³-hybridized carbons (Fsp3) is 0.667. The van der Waals surface area contributed by atoms with E-state index in [9.17, 15) is 4.79 Å². The maximum Gasteiger partial charge on any atom is 0.230 e. The highest BCUT2D eigenvalue weighted by Crippen LogP contribution is 2.12. The molecule has 2 nitrogen and oxygen atoms in total. The van der Waals surface area contributed by atoms with E-state index in [0.29, 0.717) is 17.5 Å². The lowest BCUT2D eigenvalue weighted by molar-refractivity contribution is -0.118. The van der Waals surface area contributed by atoms with Gasteiger partial charge in [0.2, 0.25) is 5.91 Å². The number of carbonyl (C=O) groups excluding carboxylic acids is 1. The molecule has 12 heavy (non-hydrogen) atoms. The van der Waals surface area contributed by atoms with Gasteiger partial charge in [0.15, 0.2) is 0 Å². The monoisotopic (exact) mass is 185 g/mol. The van der Waals surface area contributed by atoms with E-state index in [0.717, 1.165) is 6.42 Å². The first-order valence-corrected chi connectivity index (χ1v) is 5.07. The molecule has 0 heterocycles. The van der Waals surface area contributed by atoms with Gasteiger partial charge in [0, 0.05) is 5.25 Å². The normalized spacial score (nSPS) is 11.8. The standard InChI is InChI=1S/C9H15NOS/c1-4-6-10-9(11)7-12-8(3)5-2/h1,8H,5-7H2,2-3H3,(H,10,11). The Bertz CT molecular complexity index is 174. The molecule has 0 fully saturated rings. The highest BCUT2D eigenvalue weighted by atomic mass is 32.2. The summed E-state index contributed by atoms with van der Waals surface area (Å²) in [6.07, 6.45) is 6.08. The Morgan fingerprint density at radius 2 is 2.42 bits per heavy atom. The van der Waals surface area contributed by atoms with Gasteiger partial charge in [-0.3, -0.25) is 4.79 Å². The van der Waals surface area contributed by atoms with Gasteiger partial charge in [0.05, 0.1) is 12.3 Å². The molecule has 0 aromatic carbocycles. The lowest BCUT2D eigenvalue weighted by Crippen LogP contribution is -2.25. The van der Waals surface area contributed by atoms with E-state index in [1.54, 1.807) is 11.8 Å². The molecule has 0 aliphatic rings. The van der Waals surface area contributed by atoms with Crippen molar-refractivity contribution in [3.63, 3.8) is 0 Å². The van der Waals surface area contributed by atoms with E-state index in [1.807, 2.05) is 0 Å². The zero-order valence-corrected chi connectivity index (χ0v) is 8.41. The maximum atomic E-state index is 11.0. The molecule has 0 aliphatic heterocycles. The van der Waals surface area contributed by atoms with Gasteiger partial charge < -0.3 is 5.32 Å². The predicted octanol–water partition coefficient (Wildman–Crippen LogP) is 1.27. The second-order valence-electron chi connectivity index (χ2n) is 2.51. The molecule has 0 rings (SSSR count). The van der Waals surface area contributed by atoms with Crippen LogP contribution in [0.2, 0.25) is 0 Å².